The Labute approximate surface area is 197 Å². The monoisotopic (exact) mass is 542 g/mol. The summed E-state index contributed by atoms with van der Waals surface area (Å²) in [6.45, 7) is 3.16. The summed E-state index contributed by atoms with van der Waals surface area (Å²) >= 11 is 0. The van der Waals surface area contributed by atoms with Gasteiger partial charge in [0.25, 0.3) is 0 Å². The molecule has 2 aromatic carbocycles. The summed E-state index contributed by atoms with van der Waals surface area (Å²) in [6, 6.07) is 19.5. The number of hydrogen-bond acceptors (Lipinski definition) is 4. The van der Waals surface area contributed by atoms with E-state index in [0.717, 1.165) is 26.1 Å². The van der Waals surface area contributed by atoms with Crippen LogP contribution in [-0.4, -0.2) is 57.8 Å². The Morgan fingerprint density at radius 2 is 1.73 bits per heavy atom. The van der Waals surface area contributed by atoms with Crippen LogP contribution in [0, 0.1) is 0 Å². The van der Waals surface area contributed by atoms with Gasteiger partial charge in [-0.3, -0.25) is 9.89 Å². The molecule has 1 atom stereocenters. The summed E-state index contributed by atoms with van der Waals surface area (Å²) in [5.41, 5.74) is 1.33. The summed E-state index contributed by atoms with van der Waals surface area (Å²) in [5.74, 6) is 0.668. The first-order valence-electron chi connectivity index (χ1n) is 10.1. The van der Waals surface area contributed by atoms with Crippen molar-refractivity contribution in [2.45, 2.75) is 30.3 Å². The van der Waals surface area contributed by atoms with Gasteiger partial charge in [-0.15, -0.1) is 24.0 Å². The van der Waals surface area contributed by atoms with Gasteiger partial charge >= 0.3 is 0 Å². The molecule has 0 aromatic heterocycles. The lowest BCUT2D eigenvalue weighted by Crippen LogP contribution is -2.45. The number of sulfone groups is 1. The topological polar surface area (TPSA) is 73.8 Å². The molecule has 30 heavy (non-hydrogen) atoms. The SMILES string of the molecule is CN=C(NCCS(=O)(=O)c1ccccc1)NCC1CCCN1Cc1ccccc1.I. The third-order valence-electron chi connectivity index (χ3n) is 5.22. The Bertz CT molecular complexity index is 892. The summed E-state index contributed by atoms with van der Waals surface area (Å²) in [6.07, 6.45) is 2.35. The Morgan fingerprint density at radius 1 is 1.07 bits per heavy atom. The van der Waals surface area contributed by atoms with Gasteiger partial charge in [0.2, 0.25) is 0 Å². The third-order valence-corrected chi connectivity index (χ3v) is 6.95. The van der Waals surface area contributed by atoms with Crippen molar-refractivity contribution in [1.82, 2.24) is 15.5 Å². The second kappa shape index (κ2) is 12.3. The lowest BCUT2D eigenvalue weighted by Gasteiger charge is -2.25. The fraction of sp³-hybridized carbons (Fsp3) is 0.409. The van der Waals surface area contributed by atoms with Crippen LogP contribution in [0.15, 0.2) is 70.6 Å². The minimum atomic E-state index is -3.29. The van der Waals surface area contributed by atoms with Crippen LogP contribution < -0.4 is 10.6 Å². The zero-order chi connectivity index (χ0) is 20.5. The number of guanidine groups is 1. The van der Waals surface area contributed by atoms with Crippen LogP contribution >= 0.6 is 24.0 Å². The largest absolute Gasteiger partial charge is 0.355 e. The molecular weight excluding hydrogens is 511 g/mol. The molecule has 1 fully saturated rings. The molecule has 0 radical (unpaired) electrons. The molecule has 164 valence electrons. The van der Waals surface area contributed by atoms with Crippen LogP contribution in [0.25, 0.3) is 0 Å². The van der Waals surface area contributed by atoms with Crippen LogP contribution in [0.2, 0.25) is 0 Å². The highest BCUT2D eigenvalue weighted by Gasteiger charge is 2.24. The van der Waals surface area contributed by atoms with Crippen molar-refractivity contribution in [3.63, 3.8) is 0 Å². The van der Waals surface area contributed by atoms with Gasteiger partial charge in [-0.1, -0.05) is 48.5 Å². The predicted octanol–water partition coefficient (Wildman–Crippen LogP) is 2.91. The van der Waals surface area contributed by atoms with Gasteiger partial charge in [-0.25, -0.2) is 8.42 Å². The van der Waals surface area contributed by atoms with E-state index < -0.39 is 9.84 Å². The van der Waals surface area contributed by atoms with Crippen molar-refractivity contribution in [3.05, 3.63) is 66.2 Å². The molecule has 2 N–H and O–H groups in total. The maximum atomic E-state index is 12.4. The van der Waals surface area contributed by atoms with E-state index in [0.29, 0.717) is 23.4 Å². The molecule has 1 aliphatic rings. The molecule has 0 spiro atoms. The molecule has 3 rings (SSSR count). The molecule has 1 unspecified atom stereocenters. The van der Waals surface area contributed by atoms with Crippen molar-refractivity contribution < 1.29 is 8.42 Å². The fourth-order valence-electron chi connectivity index (χ4n) is 3.64. The zero-order valence-corrected chi connectivity index (χ0v) is 20.5. The van der Waals surface area contributed by atoms with Gasteiger partial charge < -0.3 is 10.6 Å². The van der Waals surface area contributed by atoms with E-state index >= 15 is 0 Å². The minimum absolute atomic E-state index is 0. The van der Waals surface area contributed by atoms with Crippen molar-refractivity contribution in [3.8, 4) is 0 Å². The maximum absolute atomic E-state index is 12.4. The van der Waals surface area contributed by atoms with Crippen LogP contribution in [-0.2, 0) is 16.4 Å². The van der Waals surface area contributed by atoms with Gasteiger partial charge in [0, 0.05) is 32.7 Å². The Morgan fingerprint density at radius 3 is 2.40 bits per heavy atom. The van der Waals surface area contributed by atoms with E-state index in [1.807, 2.05) is 12.1 Å². The maximum Gasteiger partial charge on any atom is 0.191 e. The van der Waals surface area contributed by atoms with Crippen LogP contribution in [0.4, 0.5) is 0 Å². The van der Waals surface area contributed by atoms with Gasteiger partial charge in [0.15, 0.2) is 15.8 Å². The number of nitrogens with one attached hydrogen (secondary N) is 2. The van der Waals surface area contributed by atoms with E-state index in [1.165, 1.54) is 12.0 Å². The molecule has 0 saturated carbocycles. The first-order valence-corrected chi connectivity index (χ1v) is 11.7. The van der Waals surface area contributed by atoms with Gasteiger partial charge in [-0.05, 0) is 37.1 Å². The molecule has 6 nitrogen and oxygen atoms in total. The zero-order valence-electron chi connectivity index (χ0n) is 17.3. The number of likely N-dealkylation sites (tertiary alicyclic amines) is 1. The van der Waals surface area contributed by atoms with Gasteiger partial charge in [0.05, 0.1) is 10.6 Å². The van der Waals surface area contributed by atoms with Gasteiger partial charge in [0.1, 0.15) is 0 Å². The lowest BCUT2D eigenvalue weighted by molar-refractivity contribution is 0.245. The highest BCUT2D eigenvalue weighted by atomic mass is 127. The molecule has 8 heteroatoms. The summed E-state index contributed by atoms with van der Waals surface area (Å²) in [4.78, 5) is 7.08. The summed E-state index contributed by atoms with van der Waals surface area (Å²) in [7, 11) is -1.59. The normalized spacial score (nSPS) is 17.4. The predicted molar refractivity (Wildman–Crippen MR) is 133 cm³/mol. The van der Waals surface area contributed by atoms with Crippen LogP contribution in [0.5, 0.6) is 0 Å². The molecule has 0 aliphatic carbocycles. The number of hydrogen-bond donors (Lipinski definition) is 2. The second-order valence-corrected chi connectivity index (χ2v) is 9.37. The first kappa shape index (κ1) is 24.6. The molecule has 1 heterocycles. The molecule has 1 saturated heterocycles. The molecule has 0 amide bonds. The smallest absolute Gasteiger partial charge is 0.191 e. The van der Waals surface area contributed by atoms with Crippen LogP contribution in [0.3, 0.4) is 0 Å². The number of rotatable bonds is 8. The Kier molecular flexibility index (Phi) is 10.1. The molecule has 1 aliphatic heterocycles. The van der Waals surface area contributed by atoms with Crippen molar-refractivity contribution >= 4 is 39.8 Å². The van der Waals surface area contributed by atoms with Crippen molar-refractivity contribution in [2.75, 3.05) is 32.4 Å². The molecule has 0 bridgehead atoms. The second-order valence-electron chi connectivity index (χ2n) is 7.26. The molecule has 2 aromatic rings. The van der Waals surface area contributed by atoms with E-state index in [2.05, 4.69) is 44.8 Å². The number of halogens is 1. The standard InChI is InChI=1S/C22H30N4O2S.HI/c1-23-22(24-14-16-29(27,28)21-12-6-3-7-13-21)25-17-20-11-8-15-26(20)18-19-9-4-2-5-10-19;/h2-7,9-10,12-13,20H,8,11,14-18H2,1H3,(H2,23,24,25);1H. The van der Waals surface area contributed by atoms with Crippen molar-refractivity contribution in [2.24, 2.45) is 4.99 Å². The minimum Gasteiger partial charge on any atom is -0.355 e. The first-order chi connectivity index (χ1) is 14.1. The number of nitrogens with zero attached hydrogens (tertiary/aromatic N) is 2. The third kappa shape index (κ3) is 7.24. The lowest BCUT2D eigenvalue weighted by atomic mass is 10.2. The number of aliphatic imine (C=N–C) groups is 1. The van der Waals surface area contributed by atoms with E-state index in [1.54, 1.807) is 31.3 Å². The quantitative estimate of drug-likeness (QED) is 0.305. The van der Waals surface area contributed by atoms with Crippen molar-refractivity contribution in [1.29, 1.82) is 0 Å². The fourth-order valence-corrected chi connectivity index (χ4v) is 4.82. The van der Waals surface area contributed by atoms with Gasteiger partial charge in [-0.2, -0.15) is 0 Å². The molecular formula is C22H31IN4O2S. The average molecular weight is 542 g/mol. The van der Waals surface area contributed by atoms with E-state index in [9.17, 15) is 8.42 Å². The van der Waals surface area contributed by atoms with Crippen LogP contribution in [0.1, 0.15) is 18.4 Å². The highest BCUT2D eigenvalue weighted by Crippen LogP contribution is 2.19. The van der Waals surface area contributed by atoms with E-state index in [-0.39, 0.29) is 29.7 Å². The van der Waals surface area contributed by atoms with E-state index in [4.69, 9.17) is 0 Å². The summed E-state index contributed by atoms with van der Waals surface area (Å²) < 4.78 is 24.8. The average Bonchev–Trinajstić information content (AvgIpc) is 3.18. The number of benzene rings is 2. The Balaban J connectivity index is 0.00000320. The Hall–Kier alpha value is -1.65. The highest BCUT2D eigenvalue weighted by molar-refractivity contribution is 14.0. The summed E-state index contributed by atoms with van der Waals surface area (Å²) in [5, 5.41) is 6.48.